The zero-order chi connectivity index (χ0) is 21.2. The van der Waals surface area contributed by atoms with E-state index in [0.717, 1.165) is 31.4 Å². The average molecular weight is 414 g/mol. The van der Waals surface area contributed by atoms with Crippen LogP contribution in [0.15, 0.2) is 24.3 Å². The van der Waals surface area contributed by atoms with Gasteiger partial charge in [0.1, 0.15) is 24.1 Å². The Hall–Kier alpha value is -1.58. The van der Waals surface area contributed by atoms with Crippen molar-refractivity contribution >= 4 is 5.97 Å². The van der Waals surface area contributed by atoms with Gasteiger partial charge in [0.2, 0.25) is 0 Å². The summed E-state index contributed by atoms with van der Waals surface area (Å²) in [5.41, 5.74) is 0.0752. The first-order valence-corrected chi connectivity index (χ1v) is 10.2. The highest BCUT2D eigenvalue weighted by Gasteiger charge is 2.47. The summed E-state index contributed by atoms with van der Waals surface area (Å²) < 4.78 is 29.3. The molecule has 0 aliphatic carbocycles. The minimum absolute atomic E-state index is 0.0752. The maximum absolute atomic E-state index is 13.0. The molecule has 5 atom stereocenters. The summed E-state index contributed by atoms with van der Waals surface area (Å²) in [5, 5.41) is 30.3. The SMILES string of the molecule is CCCCCCCCO[C@@H]1O[C@H](CO)[C@@H](OC(=O)c2ccc(F)cc2)[C@H](O)[C@H]1O. The largest absolute Gasteiger partial charge is 0.453 e. The maximum Gasteiger partial charge on any atom is 0.338 e. The van der Waals surface area contributed by atoms with Crippen LogP contribution < -0.4 is 0 Å². The summed E-state index contributed by atoms with van der Waals surface area (Å²) >= 11 is 0. The number of hydrogen-bond acceptors (Lipinski definition) is 7. The number of rotatable bonds is 11. The predicted molar refractivity (Wildman–Crippen MR) is 103 cm³/mol. The molecule has 7 nitrogen and oxygen atoms in total. The molecule has 0 amide bonds. The summed E-state index contributed by atoms with van der Waals surface area (Å²) in [4.78, 5) is 12.2. The van der Waals surface area contributed by atoms with Gasteiger partial charge in [-0.1, -0.05) is 39.0 Å². The first-order chi connectivity index (χ1) is 14.0. The topological polar surface area (TPSA) is 105 Å². The van der Waals surface area contributed by atoms with Crippen molar-refractivity contribution in [3.8, 4) is 0 Å². The van der Waals surface area contributed by atoms with Gasteiger partial charge in [0, 0.05) is 6.61 Å². The summed E-state index contributed by atoms with van der Waals surface area (Å²) in [6.07, 6.45) is 0.0158. The number of hydrogen-bond donors (Lipinski definition) is 3. The zero-order valence-corrected chi connectivity index (χ0v) is 16.7. The Morgan fingerprint density at radius 2 is 1.72 bits per heavy atom. The number of esters is 1. The van der Waals surface area contributed by atoms with Gasteiger partial charge in [-0.05, 0) is 30.7 Å². The fourth-order valence-electron chi connectivity index (χ4n) is 3.20. The van der Waals surface area contributed by atoms with Gasteiger partial charge < -0.3 is 29.5 Å². The second-order valence-corrected chi connectivity index (χ2v) is 7.22. The van der Waals surface area contributed by atoms with E-state index in [-0.39, 0.29) is 5.56 Å². The third-order valence-electron chi connectivity index (χ3n) is 4.92. The normalized spacial score (nSPS) is 27.0. The Kier molecular flexibility index (Phi) is 9.96. The minimum Gasteiger partial charge on any atom is -0.453 e. The van der Waals surface area contributed by atoms with E-state index in [1.54, 1.807) is 0 Å². The number of carbonyl (C=O) groups is 1. The van der Waals surface area contributed by atoms with Gasteiger partial charge in [0.25, 0.3) is 0 Å². The Morgan fingerprint density at radius 3 is 2.38 bits per heavy atom. The molecule has 1 aromatic carbocycles. The molecule has 1 aliphatic heterocycles. The lowest BCUT2D eigenvalue weighted by atomic mass is 9.99. The first kappa shape index (κ1) is 23.7. The van der Waals surface area contributed by atoms with Crippen molar-refractivity contribution in [1.29, 1.82) is 0 Å². The molecule has 1 heterocycles. The molecule has 1 fully saturated rings. The number of unbranched alkanes of at least 4 members (excludes halogenated alkanes) is 5. The molecule has 0 bridgehead atoms. The lowest BCUT2D eigenvalue weighted by Crippen LogP contribution is -2.60. The van der Waals surface area contributed by atoms with Crippen LogP contribution in [0.2, 0.25) is 0 Å². The molecule has 1 saturated heterocycles. The van der Waals surface area contributed by atoms with Crippen molar-refractivity contribution in [2.45, 2.75) is 76.2 Å². The molecule has 0 unspecified atom stereocenters. The van der Waals surface area contributed by atoms with Gasteiger partial charge in [0.05, 0.1) is 12.2 Å². The number of carbonyl (C=O) groups excluding carboxylic acids is 1. The third-order valence-corrected chi connectivity index (χ3v) is 4.92. The van der Waals surface area contributed by atoms with E-state index in [9.17, 15) is 24.5 Å². The van der Waals surface area contributed by atoms with E-state index < -0.39 is 49.1 Å². The monoisotopic (exact) mass is 414 g/mol. The second kappa shape index (κ2) is 12.2. The molecule has 1 aromatic rings. The molecule has 0 aromatic heterocycles. The number of ether oxygens (including phenoxy) is 3. The molecule has 29 heavy (non-hydrogen) atoms. The molecular formula is C21H31FO7. The van der Waals surface area contributed by atoms with E-state index in [0.29, 0.717) is 6.61 Å². The van der Waals surface area contributed by atoms with Crippen molar-refractivity contribution in [3.05, 3.63) is 35.6 Å². The fourth-order valence-corrected chi connectivity index (χ4v) is 3.20. The number of aliphatic hydroxyl groups excluding tert-OH is 3. The van der Waals surface area contributed by atoms with E-state index in [4.69, 9.17) is 14.2 Å². The number of halogens is 1. The summed E-state index contributed by atoms with van der Waals surface area (Å²) in [7, 11) is 0. The van der Waals surface area contributed by atoms with Crippen LogP contribution in [-0.2, 0) is 14.2 Å². The standard InChI is InChI=1S/C21H31FO7/c1-2-3-4-5-6-7-12-27-21-18(25)17(24)19(16(13-23)28-21)29-20(26)14-8-10-15(22)11-9-14/h8-11,16-19,21,23-25H,2-7,12-13H2,1H3/t16-,17-,18-,19-,21-/m1/s1. The van der Waals surface area contributed by atoms with Crippen molar-refractivity contribution in [2.24, 2.45) is 0 Å². The van der Waals surface area contributed by atoms with Crippen molar-refractivity contribution in [2.75, 3.05) is 13.2 Å². The van der Waals surface area contributed by atoms with Crippen LogP contribution in [0, 0.1) is 5.82 Å². The number of aliphatic hydroxyl groups is 3. The Bertz CT molecular complexity index is 608. The maximum atomic E-state index is 13.0. The smallest absolute Gasteiger partial charge is 0.338 e. The lowest BCUT2D eigenvalue weighted by Gasteiger charge is -2.41. The predicted octanol–water partition coefficient (Wildman–Crippen LogP) is 2.17. The minimum atomic E-state index is -1.50. The van der Waals surface area contributed by atoms with Gasteiger partial charge in [-0.2, -0.15) is 0 Å². The van der Waals surface area contributed by atoms with Crippen LogP contribution in [0.4, 0.5) is 4.39 Å². The molecule has 1 aliphatic rings. The lowest BCUT2D eigenvalue weighted by molar-refractivity contribution is -0.300. The van der Waals surface area contributed by atoms with Crippen LogP contribution >= 0.6 is 0 Å². The summed E-state index contributed by atoms with van der Waals surface area (Å²) in [6.45, 7) is 1.96. The molecule has 2 rings (SSSR count). The van der Waals surface area contributed by atoms with Crippen molar-refractivity contribution in [1.82, 2.24) is 0 Å². The molecule has 8 heteroatoms. The van der Waals surface area contributed by atoms with E-state index >= 15 is 0 Å². The van der Waals surface area contributed by atoms with Gasteiger partial charge in [0.15, 0.2) is 12.4 Å². The Morgan fingerprint density at radius 1 is 1.07 bits per heavy atom. The molecule has 164 valence electrons. The highest BCUT2D eigenvalue weighted by atomic mass is 19.1. The van der Waals surface area contributed by atoms with Gasteiger partial charge >= 0.3 is 5.97 Å². The molecule has 0 radical (unpaired) electrons. The quantitative estimate of drug-likeness (QED) is 0.376. The van der Waals surface area contributed by atoms with Crippen LogP contribution in [-0.4, -0.2) is 65.2 Å². The van der Waals surface area contributed by atoms with Crippen LogP contribution in [0.25, 0.3) is 0 Å². The van der Waals surface area contributed by atoms with E-state index in [1.807, 2.05) is 0 Å². The summed E-state index contributed by atoms with van der Waals surface area (Å²) in [5.74, 6) is -1.33. The number of benzene rings is 1. The third kappa shape index (κ3) is 7.01. The van der Waals surface area contributed by atoms with Gasteiger partial charge in [-0.3, -0.25) is 0 Å². The van der Waals surface area contributed by atoms with E-state index in [2.05, 4.69) is 6.92 Å². The first-order valence-electron chi connectivity index (χ1n) is 10.2. The van der Waals surface area contributed by atoms with Crippen LogP contribution in [0.5, 0.6) is 0 Å². The summed E-state index contributed by atoms with van der Waals surface area (Å²) in [6, 6.07) is 4.69. The average Bonchev–Trinajstić information content (AvgIpc) is 2.72. The van der Waals surface area contributed by atoms with Crippen molar-refractivity contribution < 1.29 is 38.7 Å². The van der Waals surface area contributed by atoms with E-state index in [1.165, 1.54) is 31.4 Å². The molecular weight excluding hydrogens is 383 g/mol. The fraction of sp³-hybridized carbons (Fsp3) is 0.667. The Balaban J connectivity index is 1.86. The zero-order valence-electron chi connectivity index (χ0n) is 16.7. The molecule has 0 saturated carbocycles. The highest BCUT2D eigenvalue weighted by Crippen LogP contribution is 2.25. The molecule has 3 N–H and O–H groups in total. The highest BCUT2D eigenvalue weighted by molar-refractivity contribution is 5.89. The van der Waals surface area contributed by atoms with Crippen LogP contribution in [0.1, 0.15) is 55.8 Å². The van der Waals surface area contributed by atoms with Crippen molar-refractivity contribution in [3.63, 3.8) is 0 Å². The Labute approximate surface area is 170 Å². The second-order valence-electron chi connectivity index (χ2n) is 7.22. The van der Waals surface area contributed by atoms with Gasteiger partial charge in [-0.15, -0.1) is 0 Å². The van der Waals surface area contributed by atoms with Crippen LogP contribution in [0.3, 0.4) is 0 Å². The van der Waals surface area contributed by atoms with Gasteiger partial charge in [-0.25, -0.2) is 9.18 Å². The molecule has 0 spiro atoms.